The molecule has 124 valence electrons. The van der Waals surface area contributed by atoms with Gasteiger partial charge < -0.3 is 0 Å². The van der Waals surface area contributed by atoms with E-state index in [1.165, 1.54) is 0 Å². The van der Waals surface area contributed by atoms with E-state index in [9.17, 15) is 4.79 Å². The molecular formula is C20H21ClN2O. The van der Waals surface area contributed by atoms with E-state index in [0.717, 1.165) is 24.0 Å². The van der Waals surface area contributed by atoms with Gasteiger partial charge in [-0.15, -0.1) is 0 Å². The van der Waals surface area contributed by atoms with Gasteiger partial charge in [-0.25, -0.2) is 4.98 Å². The summed E-state index contributed by atoms with van der Waals surface area (Å²) in [5.74, 6) is 0.650. The molecule has 4 heteroatoms. The Morgan fingerprint density at radius 2 is 1.83 bits per heavy atom. The number of hydrogen-bond donors (Lipinski definition) is 0. The normalized spacial score (nSPS) is 11.4. The molecule has 0 aliphatic heterocycles. The molecule has 0 aliphatic rings. The zero-order valence-electron chi connectivity index (χ0n) is 14.2. The predicted molar refractivity (Wildman–Crippen MR) is 101 cm³/mol. The largest absolute Gasteiger partial charge is 0.289 e. The van der Waals surface area contributed by atoms with Crippen molar-refractivity contribution in [3.05, 3.63) is 63.4 Å². The van der Waals surface area contributed by atoms with Crippen molar-refractivity contribution in [3.63, 3.8) is 0 Å². The molecule has 0 amide bonds. The van der Waals surface area contributed by atoms with Crippen molar-refractivity contribution in [1.29, 1.82) is 0 Å². The molecule has 0 spiro atoms. The SMILES string of the molecule is CCC(CC)n1c(-c2ccc(C)cc2Cl)nc2ccccc2c1=O. The van der Waals surface area contributed by atoms with Crippen LogP contribution in [0.15, 0.2) is 47.3 Å². The number of para-hydroxylation sites is 1. The van der Waals surface area contributed by atoms with Crippen LogP contribution in [0.3, 0.4) is 0 Å². The number of halogens is 1. The minimum absolute atomic E-state index is 0.000872. The molecule has 3 rings (SSSR count). The Labute approximate surface area is 146 Å². The van der Waals surface area contributed by atoms with Gasteiger partial charge in [0.1, 0.15) is 5.82 Å². The third-order valence-electron chi connectivity index (χ3n) is 4.48. The molecule has 0 bridgehead atoms. The second kappa shape index (κ2) is 6.78. The maximum absolute atomic E-state index is 13.1. The van der Waals surface area contributed by atoms with Crippen LogP contribution in [0.1, 0.15) is 38.3 Å². The third-order valence-corrected chi connectivity index (χ3v) is 4.79. The summed E-state index contributed by atoms with van der Waals surface area (Å²) < 4.78 is 1.82. The molecule has 24 heavy (non-hydrogen) atoms. The molecule has 3 aromatic rings. The highest BCUT2D eigenvalue weighted by atomic mass is 35.5. The fourth-order valence-electron chi connectivity index (χ4n) is 3.13. The number of fused-ring (bicyclic) bond motifs is 1. The smallest absolute Gasteiger partial charge is 0.261 e. The number of nitrogens with zero attached hydrogens (tertiary/aromatic N) is 2. The molecule has 2 aromatic carbocycles. The quantitative estimate of drug-likeness (QED) is 0.638. The van der Waals surface area contributed by atoms with Gasteiger partial charge in [-0.1, -0.05) is 43.6 Å². The fourth-order valence-corrected chi connectivity index (χ4v) is 3.45. The van der Waals surface area contributed by atoms with Crippen molar-refractivity contribution in [3.8, 4) is 11.4 Å². The van der Waals surface area contributed by atoms with Crippen LogP contribution in [0.2, 0.25) is 5.02 Å². The lowest BCUT2D eigenvalue weighted by molar-refractivity contribution is 0.461. The molecule has 0 N–H and O–H groups in total. The fraction of sp³-hybridized carbons (Fsp3) is 0.300. The minimum Gasteiger partial charge on any atom is -0.289 e. The van der Waals surface area contributed by atoms with Crippen molar-refractivity contribution in [1.82, 2.24) is 9.55 Å². The number of benzene rings is 2. The monoisotopic (exact) mass is 340 g/mol. The second-order valence-corrected chi connectivity index (χ2v) is 6.49. The van der Waals surface area contributed by atoms with E-state index < -0.39 is 0 Å². The zero-order valence-corrected chi connectivity index (χ0v) is 15.0. The zero-order chi connectivity index (χ0) is 17.3. The van der Waals surface area contributed by atoms with E-state index in [1.54, 1.807) is 0 Å². The van der Waals surface area contributed by atoms with Gasteiger partial charge in [-0.05, 0) is 49.6 Å². The standard InChI is InChI=1S/C20H21ClN2O/c1-4-14(5-2)23-19(15-11-10-13(3)12-17(15)21)22-18-9-7-6-8-16(18)20(23)24/h6-12,14H,4-5H2,1-3H3. The third kappa shape index (κ3) is 2.84. The van der Waals surface area contributed by atoms with E-state index in [-0.39, 0.29) is 11.6 Å². The molecule has 1 heterocycles. The maximum atomic E-state index is 13.1. The van der Waals surface area contributed by atoms with Crippen LogP contribution in [-0.2, 0) is 0 Å². The highest BCUT2D eigenvalue weighted by Gasteiger charge is 2.19. The summed E-state index contributed by atoms with van der Waals surface area (Å²) in [7, 11) is 0. The van der Waals surface area contributed by atoms with E-state index in [4.69, 9.17) is 16.6 Å². The van der Waals surface area contributed by atoms with Gasteiger partial charge in [0.2, 0.25) is 0 Å². The first-order valence-corrected chi connectivity index (χ1v) is 8.72. The Kier molecular flexibility index (Phi) is 4.72. The molecular weight excluding hydrogens is 320 g/mol. The number of aromatic nitrogens is 2. The summed E-state index contributed by atoms with van der Waals surface area (Å²) in [6.45, 7) is 6.18. The topological polar surface area (TPSA) is 34.9 Å². The molecule has 3 nitrogen and oxygen atoms in total. The van der Waals surface area contributed by atoms with Crippen LogP contribution >= 0.6 is 11.6 Å². The molecule has 0 aliphatic carbocycles. The molecule has 0 atom stereocenters. The lowest BCUT2D eigenvalue weighted by atomic mass is 10.1. The highest BCUT2D eigenvalue weighted by molar-refractivity contribution is 6.33. The van der Waals surface area contributed by atoms with E-state index in [0.29, 0.717) is 21.7 Å². The lowest BCUT2D eigenvalue weighted by Gasteiger charge is -2.21. The van der Waals surface area contributed by atoms with Crippen molar-refractivity contribution >= 4 is 22.5 Å². The van der Waals surface area contributed by atoms with Crippen LogP contribution in [0.4, 0.5) is 0 Å². The van der Waals surface area contributed by atoms with Gasteiger partial charge in [0.15, 0.2) is 0 Å². The Morgan fingerprint density at radius 3 is 2.50 bits per heavy atom. The number of rotatable bonds is 4. The van der Waals surface area contributed by atoms with E-state index in [1.807, 2.05) is 54.0 Å². The first kappa shape index (κ1) is 16.7. The van der Waals surface area contributed by atoms with Gasteiger partial charge in [0.25, 0.3) is 5.56 Å². The van der Waals surface area contributed by atoms with Crippen LogP contribution in [-0.4, -0.2) is 9.55 Å². The molecule has 0 unspecified atom stereocenters. The lowest BCUT2D eigenvalue weighted by Crippen LogP contribution is -2.27. The van der Waals surface area contributed by atoms with E-state index >= 15 is 0 Å². The van der Waals surface area contributed by atoms with Gasteiger partial charge >= 0.3 is 0 Å². The van der Waals surface area contributed by atoms with E-state index in [2.05, 4.69) is 13.8 Å². The van der Waals surface area contributed by atoms with Crippen molar-refractivity contribution in [2.24, 2.45) is 0 Å². The molecule has 0 saturated carbocycles. The van der Waals surface area contributed by atoms with Crippen LogP contribution in [0.25, 0.3) is 22.3 Å². The summed E-state index contributed by atoms with van der Waals surface area (Å²) in [6, 6.07) is 13.5. The molecule has 0 radical (unpaired) electrons. The van der Waals surface area contributed by atoms with Crippen molar-refractivity contribution in [2.45, 2.75) is 39.7 Å². The first-order valence-electron chi connectivity index (χ1n) is 8.34. The predicted octanol–water partition coefficient (Wildman–Crippen LogP) is 5.39. The van der Waals surface area contributed by atoms with Gasteiger partial charge in [0, 0.05) is 11.6 Å². The molecule has 0 fully saturated rings. The summed E-state index contributed by atoms with van der Waals surface area (Å²) in [5, 5.41) is 1.27. The second-order valence-electron chi connectivity index (χ2n) is 6.08. The summed E-state index contributed by atoms with van der Waals surface area (Å²) in [6.07, 6.45) is 1.74. The van der Waals surface area contributed by atoms with Crippen molar-refractivity contribution in [2.75, 3.05) is 0 Å². The first-order chi connectivity index (χ1) is 11.6. The summed E-state index contributed by atoms with van der Waals surface area (Å²) >= 11 is 6.48. The van der Waals surface area contributed by atoms with Gasteiger partial charge in [-0.3, -0.25) is 9.36 Å². The minimum atomic E-state index is 0.000872. The Morgan fingerprint density at radius 1 is 1.12 bits per heavy atom. The highest BCUT2D eigenvalue weighted by Crippen LogP contribution is 2.30. The van der Waals surface area contributed by atoms with Crippen LogP contribution < -0.4 is 5.56 Å². The van der Waals surface area contributed by atoms with Crippen LogP contribution in [0, 0.1) is 6.92 Å². The average molecular weight is 341 g/mol. The molecule has 0 saturated heterocycles. The number of aryl methyl sites for hydroxylation is 1. The maximum Gasteiger partial charge on any atom is 0.261 e. The Bertz CT molecular complexity index is 942. The summed E-state index contributed by atoms with van der Waals surface area (Å²) in [4.78, 5) is 17.9. The van der Waals surface area contributed by atoms with Gasteiger partial charge in [-0.2, -0.15) is 0 Å². The molecule has 1 aromatic heterocycles. The Hall–Kier alpha value is -2.13. The van der Waals surface area contributed by atoms with Crippen molar-refractivity contribution < 1.29 is 0 Å². The number of hydrogen-bond acceptors (Lipinski definition) is 2. The summed E-state index contributed by atoms with van der Waals surface area (Å²) in [5.41, 5.74) is 2.59. The van der Waals surface area contributed by atoms with Crippen LogP contribution in [0.5, 0.6) is 0 Å². The Balaban J connectivity index is 2.40. The van der Waals surface area contributed by atoms with Gasteiger partial charge in [0.05, 0.1) is 15.9 Å². The average Bonchev–Trinajstić information content (AvgIpc) is 2.58.